The number of aliphatic hydroxyl groups excluding tert-OH is 1. The Balaban J connectivity index is 2.12. The molecule has 5 heteroatoms. The number of carboxylic acids is 1. The number of aliphatic carboxylic acids is 1. The maximum atomic E-state index is 11.9. The van der Waals surface area contributed by atoms with Crippen molar-refractivity contribution in [2.75, 3.05) is 6.54 Å². The van der Waals surface area contributed by atoms with E-state index in [1.54, 1.807) is 24.3 Å². The number of carboxylic acid groups (broad SMARTS) is 1. The Labute approximate surface area is 110 Å². The number of carbonyl (C=O) groups excluding carboxylic acids is 1. The quantitative estimate of drug-likeness (QED) is 0.700. The van der Waals surface area contributed by atoms with Gasteiger partial charge >= 0.3 is 5.97 Å². The first-order valence-electron chi connectivity index (χ1n) is 5.86. The summed E-state index contributed by atoms with van der Waals surface area (Å²) in [4.78, 5) is 23.9. The molecule has 0 bridgehead atoms. The van der Waals surface area contributed by atoms with E-state index in [-0.39, 0.29) is 13.0 Å². The van der Waals surface area contributed by atoms with Crippen molar-refractivity contribution in [2.24, 2.45) is 0 Å². The van der Waals surface area contributed by atoms with Gasteiger partial charge in [-0.05, 0) is 12.1 Å². The molecule has 1 aliphatic rings. The Hall–Kier alpha value is -2.32. The number of hydrogen-bond donors (Lipinski definition) is 2. The van der Waals surface area contributed by atoms with E-state index in [2.05, 4.69) is 11.8 Å². The summed E-state index contributed by atoms with van der Waals surface area (Å²) in [6, 6.07) is 7.96. The van der Waals surface area contributed by atoms with Crippen LogP contribution in [0.3, 0.4) is 0 Å². The van der Waals surface area contributed by atoms with Gasteiger partial charge in [0.1, 0.15) is 6.04 Å². The van der Waals surface area contributed by atoms with Crippen LogP contribution in [-0.4, -0.2) is 45.7 Å². The summed E-state index contributed by atoms with van der Waals surface area (Å²) in [5.41, 5.74) is 0.683. The molecule has 1 aliphatic heterocycles. The highest BCUT2D eigenvalue weighted by atomic mass is 16.4. The molecule has 5 nitrogen and oxygen atoms in total. The third kappa shape index (κ3) is 3.12. The van der Waals surface area contributed by atoms with Gasteiger partial charge < -0.3 is 15.1 Å². The van der Waals surface area contributed by atoms with Crippen LogP contribution >= 0.6 is 0 Å². The van der Waals surface area contributed by atoms with E-state index in [0.717, 1.165) is 4.90 Å². The Morgan fingerprint density at radius 2 is 1.95 bits per heavy atom. The number of benzene rings is 1. The SMILES string of the molecule is O=C(O)C1CC(O)CN1C(=O)C#Cc1ccccc1. The summed E-state index contributed by atoms with van der Waals surface area (Å²) >= 11 is 0. The maximum Gasteiger partial charge on any atom is 0.326 e. The van der Waals surface area contributed by atoms with Crippen molar-refractivity contribution < 1.29 is 19.8 Å². The fraction of sp³-hybridized carbons (Fsp3) is 0.286. The second-order valence-electron chi connectivity index (χ2n) is 4.32. The first-order valence-corrected chi connectivity index (χ1v) is 5.86. The highest BCUT2D eigenvalue weighted by Crippen LogP contribution is 2.17. The van der Waals surface area contributed by atoms with E-state index in [1.807, 2.05) is 6.07 Å². The Morgan fingerprint density at radius 3 is 2.58 bits per heavy atom. The number of carbonyl (C=O) groups is 2. The summed E-state index contributed by atoms with van der Waals surface area (Å²) < 4.78 is 0. The number of rotatable bonds is 1. The molecule has 1 amide bonds. The van der Waals surface area contributed by atoms with E-state index in [1.165, 1.54) is 0 Å². The smallest absolute Gasteiger partial charge is 0.326 e. The highest BCUT2D eigenvalue weighted by molar-refractivity contribution is 5.97. The normalized spacial score (nSPS) is 21.6. The largest absolute Gasteiger partial charge is 0.480 e. The first kappa shape index (κ1) is 13.1. The summed E-state index contributed by atoms with van der Waals surface area (Å²) in [5, 5.41) is 18.4. The van der Waals surface area contributed by atoms with Crippen LogP contribution in [0.4, 0.5) is 0 Å². The van der Waals surface area contributed by atoms with Crippen molar-refractivity contribution in [3.05, 3.63) is 35.9 Å². The zero-order valence-electron chi connectivity index (χ0n) is 10.1. The molecule has 2 N–H and O–H groups in total. The molecule has 1 aromatic rings. The Kier molecular flexibility index (Phi) is 3.83. The van der Waals surface area contributed by atoms with Gasteiger partial charge in [-0.3, -0.25) is 4.79 Å². The van der Waals surface area contributed by atoms with Gasteiger partial charge in [0.05, 0.1) is 6.10 Å². The van der Waals surface area contributed by atoms with Gasteiger partial charge in [0.2, 0.25) is 0 Å². The predicted octanol–water partition coefficient (Wildman–Crippen LogP) is 0.0845. The lowest BCUT2D eigenvalue weighted by atomic mass is 10.2. The van der Waals surface area contributed by atoms with Gasteiger partial charge in [-0.25, -0.2) is 4.79 Å². The van der Waals surface area contributed by atoms with Gasteiger partial charge in [-0.1, -0.05) is 24.1 Å². The molecule has 19 heavy (non-hydrogen) atoms. The van der Waals surface area contributed by atoms with Crippen LogP contribution in [0.25, 0.3) is 0 Å². The predicted molar refractivity (Wildman–Crippen MR) is 67.1 cm³/mol. The molecular weight excluding hydrogens is 246 g/mol. The third-order valence-corrected chi connectivity index (χ3v) is 2.91. The van der Waals surface area contributed by atoms with Crippen LogP contribution in [0.15, 0.2) is 30.3 Å². The van der Waals surface area contributed by atoms with Crippen molar-refractivity contribution in [1.82, 2.24) is 4.90 Å². The van der Waals surface area contributed by atoms with Crippen molar-refractivity contribution in [2.45, 2.75) is 18.6 Å². The average molecular weight is 259 g/mol. The van der Waals surface area contributed by atoms with E-state index >= 15 is 0 Å². The van der Waals surface area contributed by atoms with Crippen LogP contribution in [0.2, 0.25) is 0 Å². The molecule has 1 heterocycles. The van der Waals surface area contributed by atoms with E-state index in [4.69, 9.17) is 5.11 Å². The number of nitrogens with zero attached hydrogens (tertiary/aromatic N) is 1. The summed E-state index contributed by atoms with van der Waals surface area (Å²) in [6.45, 7) is 0.0132. The van der Waals surface area contributed by atoms with E-state index < -0.39 is 24.0 Å². The number of hydrogen-bond acceptors (Lipinski definition) is 3. The van der Waals surface area contributed by atoms with Crippen LogP contribution in [0.1, 0.15) is 12.0 Å². The second-order valence-corrected chi connectivity index (χ2v) is 4.32. The van der Waals surface area contributed by atoms with Crippen molar-refractivity contribution in [1.29, 1.82) is 0 Å². The van der Waals surface area contributed by atoms with Gasteiger partial charge in [-0.15, -0.1) is 0 Å². The Bertz CT molecular complexity index is 544. The molecule has 1 fully saturated rings. The minimum absolute atomic E-state index is 0.0132. The zero-order valence-corrected chi connectivity index (χ0v) is 10.1. The van der Waals surface area contributed by atoms with Crippen molar-refractivity contribution >= 4 is 11.9 Å². The topological polar surface area (TPSA) is 77.8 Å². The summed E-state index contributed by atoms with van der Waals surface area (Å²) in [5.74, 6) is 3.39. The molecule has 0 spiro atoms. The van der Waals surface area contributed by atoms with Crippen molar-refractivity contribution in [3.8, 4) is 11.8 Å². The molecular formula is C14H13NO4. The lowest BCUT2D eigenvalue weighted by molar-refractivity contribution is -0.146. The van der Waals surface area contributed by atoms with E-state index in [9.17, 15) is 14.7 Å². The highest BCUT2D eigenvalue weighted by Gasteiger charge is 2.38. The molecule has 0 saturated carbocycles. The van der Waals surface area contributed by atoms with Crippen LogP contribution in [0.5, 0.6) is 0 Å². The molecule has 0 radical (unpaired) electrons. The summed E-state index contributed by atoms with van der Waals surface area (Å²) in [6.07, 6.45) is -0.753. The van der Waals surface area contributed by atoms with Gasteiger partial charge in [0, 0.05) is 24.4 Å². The van der Waals surface area contributed by atoms with E-state index in [0.29, 0.717) is 5.56 Å². The molecule has 2 rings (SSSR count). The van der Waals surface area contributed by atoms with Crippen molar-refractivity contribution in [3.63, 3.8) is 0 Å². The molecule has 2 atom stereocenters. The number of amides is 1. The molecule has 2 unspecified atom stereocenters. The molecule has 1 aromatic carbocycles. The fourth-order valence-corrected chi connectivity index (χ4v) is 1.99. The minimum Gasteiger partial charge on any atom is -0.480 e. The van der Waals surface area contributed by atoms with Gasteiger partial charge in [0.25, 0.3) is 5.91 Å². The summed E-state index contributed by atoms with van der Waals surface area (Å²) in [7, 11) is 0. The maximum absolute atomic E-state index is 11.9. The average Bonchev–Trinajstić information content (AvgIpc) is 2.79. The molecule has 98 valence electrons. The van der Waals surface area contributed by atoms with Crippen LogP contribution < -0.4 is 0 Å². The van der Waals surface area contributed by atoms with Gasteiger partial charge in [0.15, 0.2) is 0 Å². The lowest BCUT2D eigenvalue weighted by Crippen LogP contribution is -2.39. The molecule has 0 aromatic heterocycles. The lowest BCUT2D eigenvalue weighted by Gasteiger charge is -2.17. The molecule has 1 saturated heterocycles. The molecule has 0 aliphatic carbocycles. The van der Waals surface area contributed by atoms with Gasteiger partial charge in [-0.2, -0.15) is 0 Å². The minimum atomic E-state index is -1.12. The monoisotopic (exact) mass is 259 g/mol. The fourth-order valence-electron chi connectivity index (χ4n) is 1.99. The second kappa shape index (κ2) is 5.55. The van der Waals surface area contributed by atoms with Crippen LogP contribution in [-0.2, 0) is 9.59 Å². The number of likely N-dealkylation sites (tertiary alicyclic amines) is 1. The number of aliphatic hydroxyl groups is 1. The third-order valence-electron chi connectivity index (χ3n) is 2.91. The first-order chi connectivity index (χ1) is 9.08. The van der Waals surface area contributed by atoms with Crippen LogP contribution in [0, 0.1) is 11.8 Å². The Morgan fingerprint density at radius 1 is 1.26 bits per heavy atom. The zero-order chi connectivity index (χ0) is 13.8. The number of β-amino-alcohol motifs (C(OH)–C–C–N with tert-alkyl or cyclic N) is 1. The standard InChI is InChI=1S/C14H13NO4/c16-11-8-12(14(18)19)15(9-11)13(17)7-6-10-4-2-1-3-5-10/h1-5,11-12,16H,8-9H2,(H,18,19).